The molecular formula is C30H28BrO3SSi-. The van der Waals surface area contributed by atoms with E-state index in [-0.39, 0.29) is 10.6 Å². The van der Waals surface area contributed by atoms with Crippen LogP contribution in [0.2, 0.25) is 5.04 Å². The SMILES string of the molecule is CSc1cc(C(=O)[O-])cc(Br)c1-c1ccc(O[Si](c2ccccc2)(c2ccccc2)C(C)(C)C)cc1. The van der Waals surface area contributed by atoms with Crippen molar-refractivity contribution in [2.45, 2.75) is 30.7 Å². The third-order valence-electron chi connectivity index (χ3n) is 6.34. The summed E-state index contributed by atoms with van der Waals surface area (Å²) in [6.07, 6.45) is 1.94. The fourth-order valence-corrected chi connectivity index (χ4v) is 10.6. The number of hydrogen-bond donors (Lipinski definition) is 0. The Labute approximate surface area is 226 Å². The predicted octanol–water partition coefficient (Wildman–Crippen LogP) is 6.14. The molecule has 0 amide bonds. The summed E-state index contributed by atoms with van der Waals surface area (Å²) in [5.74, 6) is -0.382. The van der Waals surface area contributed by atoms with Crippen molar-refractivity contribution in [1.82, 2.24) is 0 Å². The lowest BCUT2D eigenvalue weighted by atomic mass is 10.0. The molecule has 0 bridgehead atoms. The smallest absolute Gasteiger partial charge is 0.319 e. The predicted molar refractivity (Wildman–Crippen MR) is 154 cm³/mol. The highest BCUT2D eigenvalue weighted by Crippen LogP contribution is 2.40. The molecule has 0 fully saturated rings. The van der Waals surface area contributed by atoms with Crippen LogP contribution in [0.5, 0.6) is 5.75 Å². The molecular weight excluding hydrogens is 548 g/mol. The summed E-state index contributed by atoms with van der Waals surface area (Å²) >= 11 is 5.07. The van der Waals surface area contributed by atoms with E-state index in [0.29, 0.717) is 4.47 Å². The third kappa shape index (κ3) is 5.03. The van der Waals surface area contributed by atoms with Gasteiger partial charge in [-0.1, -0.05) is 109 Å². The van der Waals surface area contributed by atoms with Gasteiger partial charge < -0.3 is 14.3 Å². The molecule has 0 spiro atoms. The first kappa shape index (κ1) is 26.3. The number of carboxylic acids is 1. The zero-order valence-corrected chi connectivity index (χ0v) is 24.2. The minimum absolute atomic E-state index is 0.135. The Bertz CT molecular complexity index is 1310. The Morgan fingerprint density at radius 2 is 1.39 bits per heavy atom. The molecule has 0 aliphatic rings. The molecule has 184 valence electrons. The maximum Gasteiger partial charge on any atom is 0.319 e. The molecule has 0 saturated heterocycles. The second-order valence-corrected chi connectivity index (χ2v) is 15.5. The molecule has 0 saturated carbocycles. The second-order valence-electron chi connectivity index (χ2n) is 9.61. The molecule has 6 heteroatoms. The molecule has 4 aromatic carbocycles. The monoisotopic (exact) mass is 575 g/mol. The molecule has 36 heavy (non-hydrogen) atoms. The van der Waals surface area contributed by atoms with Crippen LogP contribution in [0.4, 0.5) is 0 Å². The van der Waals surface area contributed by atoms with Gasteiger partial charge in [0, 0.05) is 14.9 Å². The van der Waals surface area contributed by atoms with Gasteiger partial charge in [0.05, 0.1) is 5.97 Å². The molecule has 0 unspecified atom stereocenters. The summed E-state index contributed by atoms with van der Waals surface area (Å²) < 4.78 is 7.82. The highest BCUT2D eigenvalue weighted by molar-refractivity contribution is 9.10. The first-order valence-electron chi connectivity index (χ1n) is 11.7. The first-order chi connectivity index (χ1) is 17.2. The number of carbonyl (C=O) groups is 1. The number of benzene rings is 4. The largest absolute Gasteiger partial charge is 0.545 e. The van der Waals surface area contributed by atoms with E-state index in [1.807, 2.05) is 42.7 Å². The highest BCUT2D eigenvalue weighted by Gasteiger charge is 2.52. The van der Waals surface area contributed by atoms with E-state index in [2.05, 4.69) is 85.2 Å². The minimum Gasteiger partial charge on any atom is -0.545 e. The Morgan fingerprint density at radius 3 is 1.83 bits per heavy atom. The summed E-state index contributed by atoms with van der Waals surface area (Å²) in [7, 11) is -2.72. The fraction of sp³-hybridized carbons (Fsp3) is 0.167. The van der Waals surface area contributed by atoms with E-state index in [9.17, 15) is 9.90 Å². The normalized spacial score (nSPS) is 11.8. The lowest BCUT2D eigenvalue weighted by Crippen LogP contribution is -2.68. The van der Waals surface area contributed by atoms with Crippen LogP contribution in [0.3, 0.4) is 0 Å². The zero-order chi connectivity index (χ0) is 25.9. The second kappa shape index (κ2) is 10.7. The average Bonchev–Trinajstić information content (AvgIpc) is 2.87. The van der Waals surface area contributed by atoms with Crippen LogP contribution in [0.15, 0.2) is 106 Å². The Morgan fingerprint density at radius 1 is 0.861 bits per heavy atom. The number of carbonyl (C=O) groups excluding carboxylic acids is 1. The van der Waals surface area contributed by atoms with Gasteiger partial charge in [-0.15, -0.1) is 11.8 Å². The van der Waals surface area contributed by atoms with Gasteiger partial charge in [-0.05, 0) is 57.1 Å². The molecule has 0 radical (unpaired) electrons. The molecule has 0 heterocycles. The number of carboxylic acid groups (broad SMARTS) is 1. The Hall–Kier alpha value is -2.80. The number of halogens is 1. The van der Waals surface area contributed by atoms with Crippen LogP contribution >= 0.6 is 27.7 Å². The number of thioether (sulfide) groups is 1. The number of hydrogen-bond acceptors (Lipinski definition) is 4. The van der Waals surface area contributed by atoms with E-state index >= 15 is 0 Å². The molecule has 0 aliphatic heterocycles. The molecule has 0 aliphatic carbocycles. The summed E-state index contributed by atoms with van der Waals surface area (Å²) in [5.41, 5.74) is 2.08. The maximum atomic E-state index is 11.4. The summed E-state index contributed by atoms with van der Waals surface area (Å²) in [5, 5.41) is 13.7. The molecule has 4 aromatic rings. The quantitative estimate of drug-likeness (QED) is 0.196. The van der Waals surface area contributed by atoms with Crippen molar-refractivity contribution >= 4 is 52.4 Å². The van der Waals surface area contributed by atoms with Gasteiger partial charge >= 0.3 is 8.32 Å². The van der Waals surface area contributed by atoms with Crippen molar-refractivity contribution in [1.29, 1.82) is 0 Å². The Kier molecular flexibility index (Phi) is 7.78. The number of rotatable bonds is 7. The van der Waals surface area contributed by atoms with Crippen LogP contribution in [-0.4, -0.2) is 20.5 Å². The van der Waals surface area contributed by atoms with Crippen molar-refractivity contribution in [2.75, 3.05) is 6.26 Å². The topological polar surface area (TPSA) is 49.4 Å². The van der Waals surface area contributed by atoms with Crippen LogP contribution < -0.4 is 19.9 Å². The molecule has 4 rings (SSSR count). The van der Waals surface area contributed by atoms with Gasteiger partial charge in [0.2, 0.25) is 0 Å². The van der Waals surface area contributed by atoms with Crippen molar-refractivity contribution in [3.05, 3.63) is 107 Å². The summed E-state index contributed by atoms with van der Waals surface area (Å²) in [6, 6.07) is 32.5. The van der Waals surface area contributed by atoms with Crippen LogP contribution in [0, 0.1) is 0 Å². The number of aromatic carboxylic acids is 1. The van der Waals surface area contributed by atoms with Crippen LogP contribution in [0.1, 0.15) is 31.1 Å². The average molecular weight is 577 g/mol. The van der Waals surface area contributed by atoms with Crippen LogP contribution in [-0.2, 0) is 0 Å². The Balaban J connectivity index is 1.80. The fourth-order valence-electron chi connectivity index (χ4n) is 4.66. The standard InChI is InChI=1S/C30H29BrO3SSi/c1-30(2,3)36(24-11-7-5-8-12-24,25-13-9-6-10-14-25)34-23-17-15-21(16-18-23)28-26(31)19-22(29(32)33)20-27(28)35-4/h5-20H,1-4H3,(H,32,33)/p-1. The van der Waals surface area contributed by atoms with Crippen molar-refractivity contribution in [3.8, 4) is 16.9 Å². The molecule has 3 nitrogen and oxygen atoms in total. The van der Waals surface area contributed by atoms with Crippen molar-refractivity contribution in [2.24, 2.45) is 0 Å². The third-order valence-corrected chi connectivity index (χ3v) is 12.7. The van der Waals surface area contributed by atoms with E-state index in [0.717, 1.165) is 21.8 Å². The van der Waals surface area contributed by atoms with E-state index in [1.54, 1.807) is 12.1 Å². The zero-order valence-electron chi connectivity index (χ0n) is 20.7. The first-order valence-corrected chi connectivity index (χ1v) is 15.6. The van der Waals surface area contributed by atoms with Gasteiger partial charge in [0.15, 0.2) is 0 Å². The van der Waals surface area contributed by atoms with E-state index < -0.39 is 14.3 Å². The van der Waals surface area contributed by atoms with Gasteiger partial charge in [-0.25, -0.2) is 0 Å². The summed E-state index contributed by atoms with van der Waals surface area (Å²) in [6.45, 7) is 6.77. The minimum atomic E-state index is -2.72. The lowest BCUT2D eigenvalue weighted by molar-refractivity contribution is -0.255. The van der Waals surface area contributed by atoms with E-state index in [4.69, 9.17) is 4.43 Å². The lowest BCUT2D eigenvalue weighted by Gasteiger charge is -2.43. The van der Waals surface area contributed by atoms with Gasteiger partial charge in [-0.3, -0.25) is 0 Å². The highest BCUT2D eigenvalue weighted by atomic mass is 79.9. The van der Waals surface area contributed by atoms with Crippen molar-refractivity contribution < 1.29 is 14.3 Å². The molecule has 0 aromatic heterocycles. The molecule has 0 N–H and O–H groups in total. The van der Waals surface area contributed by atoms with Crippen molar-refractivity contribution in [3.63, 3.8) is 0 Å². The summed E-state index contributed by atoms with van der Waals surface area (Å²) in [4.78, 5) is 12.3. The van der Waals surface area contributed by atoms with Gasteiger partial charge in [0.1, 0.15) is 5.75 Å². The van der Waals surface area contributed by atoms with Crippen LogP contribution in [0.25, 0.3) is 11.1 Å². The maximum absolute atomic E-state index is 11.4. The van der Waals surface area contributed by atoms with Gasteiger partial charge in [0.25, 0.3) is 0 Å². The molecule has 0 atom stereocenters. The van der Waals surface area contributed by atoms with E-state index in [1.165, 1.54) is 22.1 Å². The van der Waals surface area contributed by atoms with Gasteiger partial charge in [-0.2, -0.15) is 0 Å².